The molecule has 1 atom stereocenters. The Balaban J connectivity index is 2.31. The van der Waals surface area contributed by atoms with Crippen molar-refractivity contribution >= 4 is 29.4 Å². The number of aromatic amines is 1. The second-order valence-electron chi connectivity index (χ2n) is 7.06. The van der Waals surface area contributed by atoms with Gasteiger partial charge in [-0.1, -0.05) is 0 Å². The monoisotopic (exact) mass is 443 g/mol. The second-order valence-corrected chi connectivity index (χ2v) is 7.06. The lowest BCUT2D eigenvalue weighted by Crippen LogP contribution is -2.50. The highest BCUT2D eigenvalue weighted by Crippen LogP contribution is 2.22. The predicted octanol–water partition coefficient (Wildman–Crippen LogP) is 0.648. The second kappa shape index (κ2) is 11.0. The fraction of sp³-hybridized carbons (Fsp3) is 0.333. The van der Waals surface area contributed by atoms with E-state index in [-0.39, 0.29) is 11.5 Å². The molecule has 1 aromatic heterocycles. The van der Waals surface area contributed by atoms with Crippen LogP contribution in [0.4, 0.5) is 5.69 Å². The summed E-state index contributed by atoms with van der Waals surface area (Å²) in [6, 6.07) is 5.15. The van der Waals surface area contributed by atoms with Crippen molar-refractivity contribution in [2.24, 2.45) is 5.73 Å². The zero-order chi connectivity index (χ0) is 23.8. The molecule has 3 amide bonds. The summed E-state index contributed by atoms with van der Waals surface area (Å²) < 4.78 is 0. The molecule has 0 fully saturated rings. The summed E-state index contributed by atoms with van der Waals surface area (Å²) in [5, 5.41) is 11.5. The number of unbranched alkanes of at least 4 members (excludes halogenated alkanes) is 1. The summed E-state index contributed by atoms with van der Waals surface area (Å²) >= 11 is 0. The van der Waals surface area contributed by atoms with Crippen molar-refractivity contribution in [2.75, 3.05) is 11.4 Å². The molecule has 0 aliphatic heterocycles. The third kappa shape index (κ3) is 6.08. The van der Waals surface area contributed by atoms with Gasteiger partial charge >= 0.3 is 5.97 Å². The Hall–Kier alpha value is -3.86. The molecule has 11 nitrogen and oxygen atoms in total. The van der Waals surface area contributed by atoms with Crippen LogP contribution in [-0.4, -0.2) is 51.4 Å². The van der Waals surface area contributed by atoms with Crippen LogP contribution in [-0.2, 0) is 14.4 Å². The van der Waals surface area contributed by atoms with Crippen molar-refractivity contribution in [3.05, 3.63) is 46.4 Å². The molecule has 11 heteroatoms. The van der Waals surface area contributed by atoms with Crippen LogP contribution >= 0.6 is 0 Å². The molecule has 2 rings (SSSR count). The number of nitrogens with one attached hydrogen (secondary N) is 2. The summed E-state index contributed by atoms with van der Waals surface area (Å²) in [6.07, 6.45) is 2.56. The molecule has 0 aliphatic rings. The number of nitrogens with zero attached hydrogens (tertiary/aromatic N) is 2. The van der Waals surface area contributed by atoms with Gasteiger partial charge in [0.1, 0.15) is 17.4 Å². The largest absolute Gasteiger partial charge is 0.477 e. The van der Waals surface area contributed by atoms with Crippen molar-refractivity contribution in [1.82, 2.24) is 15.3 Å². The molecule has 5 N–H and O–H groups in total. The van der Waals surface area contributed by atoms with Crippen molar-refractivity contribution in [3.8, 4) is 11.4 Å². The van der Waals surface area contributed by atoms with Gasteiger partial charge in [0.2, 0.25) is 11.8 Å². The first-order chi connectivity index (χ1) is 15.1. The fourth-order valence-corrected chi connectivity index (χ4v) is 3.08. The molecule has 32 heavy (non-hydrogen) atoms. The summed E-state index contributed by atoms with van der Waals surface area (Å²) in [7, 11) is 0. The van der Waals surface area contributed by atoms with E-state index in [0.717, 1.165) is 11.1 Å². The van der Waals surface area contributed by atoms with Crippen LogP contribution in [0.2, 0.25) is 0 Å². The van der Waals surface area contributed by atoms with Crippen LogP contribution in [0.3, 0.4) is 0 Å². The van der Waals surface area contributed by atoms with Crippen LogP contribution in [0.5, 0.6) is 0 Å². The van der Waals surface area contributed by atoms with E-state index >= 15 is 0 Å². The molecule has 0 saturated heterocycles. The highest BCUT2D eigenvalue weighted by molar-refractivity contribution is 6.16. The number of aromatic carboxylic acids is 1. The van der Waals surface area contributed by atoms with E-state index in [1.807, 2.05) is 0 Å². The number of benzene rings is 1. The smallest absolute Gasteiger partial charge is 0.342 e. The molecular formula is C21H25N5O6. The highest BCUT2D eigenvalue weighted by atomic mass is 16.4. The number of carboxylic acids is 1. The topological polar surface area (TPSA) is 176 Å². The van der Waals surface area contributed by atoms with Crippen molar-refractivity contribution in [2.45, 2.75) is 39.2 Å². The standard InChI is InChI=1S/C21H25N5O6/c1-12(27)24-17(5-3-4-10-22)20(30)26(13(2)28)15-8-6-14(7-9-15)18-23-11-16(21(31)32)19(29)25-18/h6-9,11,17H,3-5,10,22H2,1-2H3,(H,24,27)(H,31,32)(H,23,25,29). The van der Waals surface area contributed by atoms with Crippen LogP contribution in [0, 0.1) is 0 Å². The molecule has 0 aliphatic carbocycles. The number of rotatable bonds is 9. The zero-order valence-electron chi connectivity index (χ0n) is 17.8. The summed E-state index contributed by atoms with van der Waals surface area (Å²) in [5.74, 6) is -2.76. The van der Waals surface area contributed by atoms with E-state index in [0.29, 0.717) is 31.4 Å². The van der Waals surface area contributed by atoms with Crippen LogP contribution in [0.15, 0.2) is 35.3 Å². The number of aromatic nitrogens is 2. The van der Waals surface area contributed by atoms with Gasteiger partial charge in [-0.25, -0.2) is 14.7 Å². The van der Waals surface area contributed by atoms with Crippen molar-refractivity contribution in [1.29, 1.82) is 0 Å². The fourth-order valence-electron chi connectivity index (χ4n) is 3.08. The molecule has 0 spiro atoms. The lowest BCUT2D eigenvalue weighted by atomic mass is 10.1. The van der Waals surface area contributed by atoms with Gasteiger partial charge in [0.25, 0.3) is 11.5 Å². The van der Waals surface area contributed by atoms with E-state index in [9.17, 15) is 24.0 Å². The van der Waals surface area contributed by atoms with Crippen molar-refractivity contribution in [3.63, 3.8) is 0 Å². The van der Waals surface area contributed by atoms with Gasteiger partial charge in [0, 0.05) is 25.6 Å². The van der Waals surface area contributed by atoms with Crippen LogP contribution in [0.25, 0.3) is 11.4 Å². The quantitative estimate of drug-likeness (QED) is 0.408. The van der Waals surface area contributed by atoms with Gasteiger partial charge in [0.05, 0.1) is 5.69 Å². The Kier molecular flexibility index (Phi) is 8.36. The number of hydrogen-bond acceptors (Lipinski definition) is 7. The minimum atomic E-state index is -1.39. The van der Waals surface area contributed by atoms with E-state index < -0.39 is 40.9 Å². The minimum Gasteiger partial charge on any atom is -0.477 e. The van der Waals surface area contributed by atoms with Crippen LogP contribution < -0.4 is 21.5 Å². The number of hydrogen-bond donors (Lipinski definition) is 4. The molecule has 0 radical (unpaired) electrons. The van der Waals surface area contributed by atoms with Gasteiger partial charge < -0.3 is 21.1 Å². The summed E-state index contributed by atoms with van der Waals surface area (Å²) in [4.78, 5) is 67.0. The third-order valence-corrected chi connectivity index (χ3v) is 4.59. The summed E-state index contributed by atoms with van der Waals surface area (Å²) in [5.41, 5.74) is 4.91. The maximum absolute atomic E-state index is 13.1. The average Bonchev–Trinajstić information content (AvgIpc) is 2.73. The van der Waals surface area contributed by atoms with Crippen molar-refractivity contribution < 1.29 is 24.3 Å². The van der Waals surface area contributed by atoms with Gasteiger partial charge in [-0.2, -0.15) is 0 Å². The SMILES string of the molecule is CC(=O)NC(CCCCN)C(=O)N(C(C)=O)c1ccc(-c2ncc(C(=O)O)c(=O)[nH]2)cc1. The number of carbonyl (C=O) groups excluding carboxylic acids is 3. The number of carbonyl (C=O) groups is 4. The number of carboxylic acid groups (broad SMARTS) is 1. The number of anilines is 1. The first-order valence-corrected chi connectivity index (χ1v) is 9.90. The Morgan fingerprint density at radius 2 is 1.81 bits per heavy atom. The molecule has 0 saturated carbocycles. The van der Waals surface area contributed by atoms with Gasteiger partial charge in [-0.05, 0) is 50.1 Å². The molecule has 1 heterocycles. The third-order valence-electron chi connectivity index (χ3n) is 4.59. The predicted molar refractivity (Wildman–Crippen MR) is 116 cm³/mol. The van der Waals surface area contributed by atoms with Gasteiger partial charge in [-0.15, -0.1) is 0 Å². The van der Waals surface area contributed by atoms with Crippen LogP contribution in [0.1, 0.15) is 43.5 Å². The van der Waals surface area contributed by atoms with Gasteiger partial charge in [-0.3, -0.25) is 19.2 Å². The van der Waals surface area contributed by atoms with E-state index in [1.165, 1.54) is 38.1 Å². The lowest BCUT2D eigenvalue weighted by molar-refractivity contribution is -0.130. The molecule has 1 aromatic carbocycles. The van der Waals surface area contributed by atoms with E-state index in [2.05, 4.69) is 15.3 Å². The molecule has 1 unspecified atom stereocenters. The number of nitrogens with two attached hydrogens (primary N) is 1. The number of amides is 3. The normalized spacial score (nSPS) is 11.5. The highest BCUT2D eigenvalue weighted by Gasteiger charge is 2.28. The Morgan fingerprint density at radius 3 is 2.31 bits per heavy atom. The minimum absolute atomic E-state index is 0.130. The first-order valence-electron chi connectivity index (χ1n) is 9.90. The zero-order valence-corrected chi connectivity index (χ0v) is 17.8. The number of H-pyrrole nitrogens is 1. The van der Waals surface area contributed by atoms with E-state index in [4.69, 9.17) is 10.8 Å². The summed E-state index contributed by atoms with van der Waals surface area (Å²) in [6.45, 7) is 2.97. The Morgan fingerprint density at radius 1 is 1.16 bits per heavy atom. The molecular weight excluding hydrogens is 418 g/mol. The molecule has 0 bridgehead atoms. The average molecular weight is 443 g/mol. The molecule has 2 aromatic rings. The number of imide groups is 1. The first kappa shape index (κ1) is 24.4. The maximum atomic E-state index is 13.1. The lowest BCUT2D eigenvalue weighted by Gasteiger charge is -2.25. The maximum Gasteiger partial charge on any atom is 0.342 e. The van der Waals surface area contributed by atoms with E-state index in [1.54, 1.807) is 0 Å². The molecule has 170 valence electrons. The Bertz CT molecular complexity index is 1060. The van der Waals surface area contributed by atoms with Gasteiger partial charge in [0.15, 0.2) is 0 Å². The Labute approximate surface area is 183 Å².